The molecular formula is C20H26N4O2S. The number of nitrogens with one attached hydrogen (secondary N) is 2. The molecule has 0 bridgehead atoms. The van der Waals surface area contributed by atoms with Crippen LogP contribution in [-0.4, -0.2) is 36.7 Å². The summed E-state index contributed by atoms with van der Waals surface area (Å²) >= 11 is 5.21. The van der Waals surface area contributed by atoms with Crippen molar-refractivity contribution in [2.45, 2.75) is 26.2 Å². The Morgan fingerprint density at radius 1 is 1.15 bits per heavy atom. The monoisotopic (exact) mass is 386 g/mol. The van der Waals surface area contributed by atoms with Crippen LogP contribution in [0.15, 0.2) is 42.6 Å². The first-order valence-electron chi connectivity index (χ1n) is 8.98. The van der Waals surface area contributed by atoms with E-state index >= 15 is 0 Å². The standard InChI is InChI=1S/C20H26N4O2S/c1-4-5-6-13-26-17-10-8-16(9-11-17)22-20(27)23-19(25)15-7-12-18(21-14-15)24(2)3/h7-12,14H,4-6,13H2,1-3H3,(H2,22,23,25,27). The molecule has 0 unspecified atom stereocenters. The largest absolute Gasteiger partial charge is 0.494 e. The van der Waals surface area contributed by atoms with E-state index in [-0.39, 0.29) is 11.0 Å². The smallest absolute Gasteiger partial charge is 0.258 e. The molecule has 0 aliphatic carbocycles. The van der Waals surface area contributed by atoms with E-state index < -0.39 is 0 Å². The van der Waals surface area contributed by atoms with Gasteiger partial charge in [0.05, 0.1) is 12.2 Å². The molecular weight excluding hydrogens is 360 g/mol. The molecule has 2 rings (SSSR count). The van der Waals surface area contributed by atoms with Crippen molar-refractivity contribution < 1.29 is 9.53 Å². The van der Waals surface area contributed by atoms with Crippen LogP contribution in [-0.2, 0) is 0 Å². The van der Waals surface area contributed by atoms with Crippen LogP contribution >= 0.6 is 12.2 Å². The van der Waals surface area contributed by atoms with Gasteiger partial charge in [0.2, 0.25) is 0 Å². The summed E-state index contributed by atoms with van der Waals surface area (Å²) in [6, 6.07) is 11.0. The zero-order valence-electron chi connectivity index (χ0n) is 16.0. The average molecular weight is 387 g/mol. The van der Waals surface area contributed by atoms with E-state index in [4.69, 9.17) is 17.0 Å². The molecule has 0 saturated carbocycles. The fourth-order valence-electron chi connectivity index (χ4n) is 2.30. The van der Waals surface area contributed by atoms with Crippen molar-refractivity contribution in [1.29, 1.82) is 0 Å². The summed E-state index contributed by atoms with van der Waals surface area (Å²) in [6.45, 7) is 2.88. The highest BCUT2D eigenvalue weighted by Gasteiger charge is 2.09. The van der Waals surface area contributed by atoms with Crippen molar-refractivity contribution in [3.8, 4) is 5.75 Å². The number of ether oxygens (including phenoxy) is 1. The number of hydrogen-bond acceptors (Lipinski definition) is 5. The van der Waals surface area contributed by atoms with Crippen molar-refractivity contribution >= 4 is 34.7 Å². The van der Waals surface area contributed by atoms with Gasteiger partial charge in [-0.25, -0.2) is 4.98 Å². The van der Waals surface area contributed by atoms with Gasteiger partial charge in [0, 0.05) is 26.0 Å². The van der Waals surface area contributed by atoms with Crippen LogP contribution in [0.5, 0.6) is 5.75 Å². The summed E-state index contributed by atoms with van der Waals surface area (Å²) in [4.78, 5) is 18.3. The average Bonchev–Trinajstić information content (AvgIpc) is 2.66. The molecule has 0 radical (unpaired) electrons. The lowest BCUT2D eigenvalue weighted by atomic mass is 10.2. The number of anilines is 2. The fraction of sp³-hybridized carbons (Fsp3) is 0.350. The predicted molar refractivity (Wildman–Crippen MR) is 114 cm³/mol. The second-order valence-electron chi connectivity index (χ2n) is 6.29. The second kappa shape index (κ2) is 10.5. The molecule has 1 aromatic carbocycles. The SMILES string of the molecule is CCCCCOc1ccc(NC(=S)NC(=O)c2ccc(N(C)C)nc2)cc1. The Morgan fingerprint density at radius 3 is 2.48 bits per heavy atom. The van der Waals surface area contributed by atoms with Crippen LogP contribution in [0.25, 0.3) is 0 Å². The number of unbranched alkanes of at least 4 members (excludes halogenated alkanes) is 2. The Hall–Kier alpha value is -2.67. The summed E-state index contributed by atoms with van der Waals surface area (Å²) in [5, 5.41) is 5.87. The summed E-state index contributed by atoms with van der Waals surface area (Å²) in [5.74, 6) is 1.30. The van der Waals surface area contributed by atoms with Crippen molar-refractivity contribution in [1.82, 2.24) is 10.3 Å². The number of aromatic nitrogens is 1. The lowest BCUT2D eigenvalue weighted by molar-refractivity contribution is 0.0977. The van der Waals surface area contributed by atoms with Crippen LogP contribution < -0.4 is 20.3 Å². The maximum atomic E-state index is 12.2. The lowest BCUT2D eigenvalue weighted by Gasteiger charge is -2.12. The van der Waals surface area contributed by atoms with Crippen LogP contribution in [0.3, 0.4) is 0 Å². The fourth-order valence-corrected chi connectivity index (χ4v) is 2.51. The molecule has 0 aliphatic heterocycles. The van der Waals surface area contributed by atoms with Crippen molar-refractivity contribution in [2.75, 3.05) is 30.9 Å². The molecule has 144 valence electrons. The van der Waals surface area contributed by atoms with Crippen LogP contribution in [0.1, 0.15) is 36.5 Å². The minimum atomic E-state index is -0.304. The van der Waals surface area contributed by atoms with Crippen LogP contribution in [0.2, 0.25) is 0 Å². The third kappa shape index (κ3) is 6.86. The van der Waals surface area contributed by atoms with Crippen LogP contribution in [0, 0.1) is 0 Å². The molecule has 0 aliphatic rings. The maximum absolute atomic E-state index is 12.2. The second-order valence-corrected chi connectivity index (χ2v) is 6.70. The predicted octanol–water partition coefficient (Wildman–Crippen LogP) is 3.84. The molecule has 27 heavy (non-hydrogen) atoms. The molecule has 1 aromatic heterocycles. The first-order chi connectivity index (χ1) is 13.0. The van der Waals surface area contributed by atoms with Gasteiger partial charge in [-0.3, -0.25) is 10.1 Å². The first-order valence-corrected chi connectivity index (χ1v) is 9.39. The van der Waals surface area contributed by atoms with Gasteiger partial charge in [-0.05, 0) is 55.0 Å². The van der Waals surface area contributed by atoms with Gasteiger partial charge in [-0.2, -0.15) is 0 Å². The molecule has 1 amide bonds. The minimum Gasteiger partial charge on any atom is -0.494 e. The molecule has 1 heterocycles. The summed E-state index contributed by atoms with van der Waals surface area (Å²) in [6.07, 6.45) is 4.92. The first kappa shape index (κ1) is 20.6. The Bertz CT molecular complexity index is 746. The van der Waals surface area contributed by atoms with Crippen molar-refractivity contribution in [3.05, 3.63) is 48.2 Å². The number of thiocarbonyl (C=S) groups is 1. The Kier molecular flexibility index (Phi) is 8.00. The number of nitrogens with zero attached hydrogens (tertiary/aromatic N) is 2. The number of benzene rings is 1. The van der Waals surface area contributed by atoms with E-state index in [0.29, 0.717) is 5.56 Å². The molecule has 6 nitrogen and oxygen atoms in total. The lowest BCUT2D eigenvalue weighted by Crippen LogP contribution is -2.34. The van der Waals surface area contributed by atoms with E-state index in [1.807, 2.05) is 43.3 Å². The Labute approximate surface area is 165 Å². The molecule has 0 saturated heterocycles. The normalized spacial score (nSPS) is 10.2. The number of carbonyl (C=O) groups excluding carboxylic acids is 1. The molecule has 2 aromatic rings. The van der Waals surface area contributed by atoms with Gasteiger partial charge in [0.15, 0.2) is 5.11 Å². The number of carbonyl (C=O) groups is 1. The summed E-state index contributed by atoms with van der Waals surface area (Å²) in [7, 11) is 3.78. The quantitative estimate of drug-likeness (QED) is 0.531. The molecule has 0 atom stereocenters. The number of amides is 1. The highest BCUT2D eigenvalue weighted by molar-refractivity contribution is 7.80. The molecule has 0 spiro atoms. The number of rotatable bonds is 8. The van der Waals surface area contributed by atoms with Gasteiger partial charge in [-0.1, -0.05) is 19.8 Å². The number of hydrogen-bond donors (Lipinski definition) is 2. The van der Waals surface area contributed by atoms with E-state index in [2.05, 4.69) is 22.5 Å². The van der Waals surface area contributed by atoms with Crippen molar-refractivity contribution in [2.24, 2.45) is 0 Å². The third-order valence-electron chi connectivity index (χ3n) is 3.82. The molecule has 7 heteroatoms. The third-order valence-corrected chi connectivity index (χ3v) is 4.03. The van der Waals surface area contributed by atoms with Gasteiger partial charge >= 0.3 is 0 Å². The Balaban J connectivity index is 1.83. The highest BCUT2D eigenvalue weighted by atomic mass is 32.1. The number of pyridine rings is 1. The van der Waals surface area contributed by atoms with Gasteiger partial charge in [0.25, 0.3) is 5.91 Å². The van der Waals surface area contributed by atoms with Gasteiger partial charge < -0.3 is 15.0 Å². The van der Waals surface area contributed by atoms with E-state index in [1.165, 1.54) is 19.0 Å². The molecule has 0 fully saturated rings. The summed E-state index contributed by atoms with van der Waals surface area (Å²) in [5.41, 5.74) is 1.22. The Morgan fingerprint density at radius 2 is 1.89 bits per heavy atom. The van der Waals surface area contributed by atoms with Crippen molar-refractivity contribution in [3.63, 3.8) is 0 Å². The summed E-state index contributed by atoms with van der Waals surface area (Å²) < 4.78 is 5.68. The minimum absolute atomic E-state index is 0.230. The van der Waals surface area contributed by atoms with E-state index in [0.717, 1.165) is 30.3 Å². The van der Waals surface area contributed by atoms with Gasteiger partial charge in [-0.15, -0.1) is 0 Å². The molecule has 2 N–H and O–H groups in total. The zero-order valence-corrected chi connectivity index (χ0v) is 16.8. The highest BCUT2D eigenvalue weighted by Crippen LogP contribution is 2.16. The van der Waals surface area contributed by atoms with Gasteiger partial charge in [0.1, 0.15) is 11.6 Å². The van der Waals surface area contributed by atoms with E-state index in [1.54, 1.807) is 12.1 Å². The topological polar surface area (TPSA) is 66.5 Å². The van der Waals surface area contributed by atoms with Crippen LogP contribution in [0.4, 0.5) is 11.5 Å². The van der Waals surface area contributed by atoms with E-state index in [9.17, 15) is 4.79 Å². The maximum Gasteiger partial charge on any atom is 0.258 e. The zero-order chi connectivity index (χ0) is 19.6.